The van der Waals surface area contributed by atoms with Crippen molar-refractivity contribution in [1.29, 1.82) is 0 Å². The van der Waals surface area contributed by atoms with Crippen LogP contribution in [0.2, 0.25) is 0 Å². The maximum Gasteiger partial charge on any atom is 0.256 e. The molecule has 1 heterocycles. The Hall–Kier alpha value is -2.69. The maximum absolute atomic E-state index is 13.4. The summed E-state index contributed by atoms with van der Waals surface area (Å²) in [6, 6.07) is 12.8. The van der Waals surface area contributed by atoms with Crippen molar-refractivity contribution in [2.75, 3.05) is 10.2 Å². The van der Waals surface area contributed by atoms with Crippen molar-refractivity contribution < 1.29 is 14.0 Å². The van der Waals surface area contributed by atoms with Crippen LogP contribution in [0.3, 0.4) is 0 Å². The van der Waals surface area contributed by atoms with E-state index in [0.717, 1.165) is 29.8 Å². The van der Waals surface area contributed by atoms with Crippen LogP contribution in [0.5, 0.6) is 0 Å². The summed E-state index contributed by atoms with van der Waals surface area (Å²) in [5.74, 6) is -1.16. The van der Waals surface area contributed by atoms with Crippen LogP contribution >= 0.6 is 0 Å². The second kappa shape index (κ2) is 7.47. The van der Waals surface area contributed by atoms with E-state index in [9.17, 15) is 14.0 Å². The van der Waals surface area contributed by atoms with E-state index in [1.165, 1.54) is 23.8 Å². The van der Waals surface area contributed by atoms with Crippen molar-refractivity contribution in [3.63, 3.8) is 0 Å². The van der Waals surface area contributed by atoms with Gasteiger partial charge in [0, 0.05) is 5.69 Å². The summed E-state index contributed by atoms with van der Waals surface area (Å²) in [6.07, 6.45) is 3.39. The number of anilines is 2. The molecule has 0 saturated carbocycles. The molecule has 1 aliphatic heterocycles. The van der Waals surface area contributed by atoms with E-state index < -0.39 is 11.9 Å². The average Bonchev–Trinajstić information content (AvgIpc) is 2.88. The second-order valence-corrected chi connectivity index (χ2v) is 6.25. The van der Waals surface area contributed by atoms with Gasteiger partial charge in [-0.2, -0.15) is 0 Å². The molecule has 4 nitrogen and oxygen atoms in total. The number of hydrogen-bond acceptors (Lipinski definition) is 3. The molecule has 1 aliphatic rings. The number of nitrogens with one attached hydrogen (secondary N) is 1. The number of nitrogens with zero attached hydrogens (tertiary/aromatic N) is 1. The molecule has 5 heteroatoms. The summed E-state index contributed by atoms with van der Waals surface area (Å²) in [5, 5.41) is 3.11. The van der Waals surface area contributed by atoms with E-state index in [1.807, 2.05) is 24.3 Å². The molecule has 0 bridgehead atoms. The third-order valence-electron chi connectivity index (χ3n) is 4.33. The van der Waals surface area contributed by atoms with Gasteiger partial charge < -0.3 is 5.32 Å². The highest BCUT2D eigenvalue weighted by Crippen LogP contribution is 2.25. The summed E-state index contributed by atoms with van der Waals surface area (Å²) in [7, 11) is 0. The lowest BCUT2D eigenvalue weighted by Gasteiger charge is -2.16. The number of imide groups is 1. The average molecular weight is 340 g/mol. The van der Waals surface area contributed by atoms with Crippen LogP contribution in [0, 0.1) is 5.82 Å². The molecule has 2 aromatic carbocycles. The van der Waals surface area contributed by atoms with Gasteiger partial charge in [0.1, 0.15) is 11.9 Å². The van der Waals surface area contributed by atoms with Crippen LogP contribution in [-0.4, -0.2) is 17.9 Å². The normalized spacial score (nSPS) is 17.2. The van der Waals surface area contributed by atoms with Crippen LogP contribution in [0.15, 0.2) is 48.5 Å². The summed E-state index contributed by atoms with van der Waals surface area (Å²) >= 11 is 0. The Morgan fingerprint density at radius 1 is 1.16 bits per heavy atom. The van der Waals surface area contributed by atoms with E-state index >= 15 is 0 Å². The highest BCUT2D eigenvalue weighted by Gasteiger charge is 2.39. The van der Waals surface area contributed by atoms with Crippen molar-refractivity contribution in [3.05, 3.63) is 59.9 Å². The molecule has 1 saturated heterocycles. The molecule has 3 rings (SSSR count). The summed E-state index contributed by atoms with van der Waals surface area (Å²) in [4.78, 5) is 25.8. The lowest BCUT2D eigenvalue weighted by atomic mass is 10.1. The number of carbonyl (C=O) groups excluding carboxylic acids is 2. The number of amides is 2. The van der Waals surface area contributed by atoms with Crippen molar-refractivity contribution in [1.82, 2.24) is 0 Å². The fourth-order valence-electron chi connectivity index (χ4n) is 2.98. The van der Waals surface area contributed by atoms with Crippen molar-refractivity contribution in [2.24, 2.45) is 0 Å². The molecule has 25 heavy (non-hydrogen) atoms. The van der Waals surface area contributed by atoms with Crippen LogP contribution in [-0.2, 0) is 16.0 Å². The maximum atomic E-state index is 13.4. The predicted octanol–water partition coefficient (Wildman–Crippen LogP) is 3.91. The van der Waals surface area contributed by atoms with Crippen LogP contribution in [0.1, 0.15) is 31.7 Å². The molecule has 1 atom stereocenters. The van der Waals surface area contributed by atoms with Crippen LogP contribution in [0.25, 0.3) is 0 Å². The van der Waals surface area contributed by atoms with Gasteiger partial charge in [0.15, 0.2) is 0 Å². The number of aryl methyl sites for hydroxylation is 1. The Morgan fingerprint density at radius 2 is 1.92 bits per heavy atom. The largest absolute Gasteiger partial charge is 0.373 e. The molecule has 0 aliphatic carbocycles. The Balaban J connectivity index is 1.70. The molecule has 0 aromatic heterocycles. The summed E-state index contributed by atoms with van der Waals surface area (Å²) in [6.45, 7) is 2.16. The summed E-state index contributed by atoms with van der Waals surface area (Å²) in [5.41, 5.74) is 2.32. The number of carbonyl (C=O) groups is 2. The first-order valence-corrected chi connectivity index (χ1v) is 8.56. The molecule has 0 spiro atoms. The van der Waals surface area contributed by atoms with Gasteiger partial charge in [-0.15, -0.1) is 0 Å². The molecule has 0 radical (unpaired) electrons. The molecule has 2 amide bonds. The molecular weight excluding hydrogens is 319 g/mol. The SMILES string of the molecule is CCCCc1ccc(NC2CC(=O)N(c3cccc(F)c3)C2=O)cc1. The number of benzene rings is 2. The zero-order valence-corrected chi connectivity index (χ0v) is 14.2. The zero-order valence-electron chi connectivity index (χ0n) is 14.2. The van der Waals surface area contributed by atoms with Gasteiger partial charge in [0.2, 0.25) is 5.91 Å². The number of halogens is 1. The lowest BCUT2D eigenvalue weighted by Crippen LogP contribution is -2.34. The minimum absolute atomic E-state index is 0.0624. The highest BCUT2D eigenvalue weighted by atomic mass is 19.1. The molecule has 1 unspecified atom stereocenters. The van der Waals surface area contributed by atoms with Crippen molar-refractivity contribution in [2.45, 2.75) is 38.6 Å². The zero-order chi connectivity index (χ0) is 17.8. The molecule has 2 aromatic rings. The van der Waals surface area contributed by atoms with E-state index in [1.54, 1.807) is 6.07 Å². The van der Waals surface area contributed by atoms with Gasteiger partial charge in [0.25, 0.3) is 5.91 Å². The van der Waals surface area contributed by atoms with E-state index in [4.69, 9.17) is 0 Å². The van der Waals surface area contributed by atoms with Gasteiger partial charge in [-0.25, -0.2) is 9.29 Å². The highest BCUT2D eigenvalue weighted by molar-refractivity contribution is 6.23. The fraction of sp³-hybridized carbons (Fsp3) is 0.300. The topological polar surface area (TPSA) is 49.4 Å². The summed E-state index contributed by atoms with van der Waals surface area (Å²) < 4.78 is 13.4. The first-order valence-electron chi connectivity index (χ1n) is 8.56. The Labute approximate surface area is 146 Å². The van der Waals surface area contributed by atoms with Crippen LogP contribution in [0.4, 0.5) is 15.8 Å². The monoisotopic (exact) mass is 340 g/mol. The van der Waals surface area contributed by atoms with E-state index in [-0.39, 0.29) is 23.9 Å². The predicted molar refractivity (Wildman–Crippen MR) is 96.0 cm³/mol. The van der Waals surface area contributed by atoms with E-state index in [2.05, 4.69) is 12.2 Å². The Morgan fingerprint density at radius 3 is 2.60 bits per heavy atom. The quantitative estimate of drug-likeness (QED) is 0.811. The molecule has 130 valence electrons. The Kier molecular flexibility index (Phi) is 5.12. The minimum atomic E-state index is -0.628. The molecule has 1 N–H and O–H groups in total. The Bertz CT molecular complexity index is 774. The third-order valence-corrected chi connectivity index (χ3v) is 4.33. The number of hydrogen-bond donors (Lipinski definition) is 1. The molecule has 1 fully saturated rings. The lowest BCUT2D eigenvalue weighted by molar-refractivity contribution is -0.121. The van der Waals surface area contributed by atoms with Gasteiger partial charge in [-0.05, 0) is 48.7 Å². The van der Waals surface area contributed by atoms with Gasteiger partial charge >= 0.3 is 0 Å². The van der Waals surface area contributed by atoms with Gasteiger partial charge in [-0.1, -0.05) is 31.5 Å². The van der Waals surface area contributed by atoms with Crippen LogP contribution < -0.4 is 10.2 Å². The number of rotatable bonds is 6. The second-order valence-electron chi connectivity index (χ2n) is 6.25. The third kappa shape index (κ3) is 3.87. The van der Waals surface area contributed by atoms with Gasteiger partial charge in [0.05, 0.1) is 12.1 Å². The fourth-order valence-corrected chi connectivity index (χ4v) is 2.98. The van der Waals surface area contributed by atoms with Crippen molar-refractivity contribution >= 4 is 23.2 Å². The molecular formula is C20H21FN2O2. The van der Waals surface area contributed by atoms with E-state index in [0.29, 0.717) is 0 Å². The number of unbranched alkanes of at least 4 members (excludes halogenated alkanes) is 1. The first kappa shape index (κ1) is 17.1. The van der Waals surface area contributed by atoms with Crippen molar-refractivity contribution in [3.8, 4) is 0 Å². The first-order chi connectivity index (χ1) is 12.1. The van der Waals surface area contributed by atoms with Gasteiger partial charge in [-0.3, -0.25) is 9.59 Å². The smallest absolute Gasteiger partial charge is 0.256 e. The standard InChI is InChI=1S/C20H21FN2O2/c1-2-3-5-14-8-10-16(11-9-14)22-18-13-19(24)23(20(18)25)17-7-4-6-15(21)12-17/h4,6-12,18,22H,2-3,5,13H2,1H3. The minimum Gasteiger partial charge on any atom is -0.373 e.